The van der Waals surface area contributed by atoms with Crippen LogP contribution in [0, 0.1) is 10.1 Å². The molecule has 0 saturated heterocycles. The van der Waals surface area contributed by atoms with Crippen LogP contribution in [0.2, 0.25) is 0 Å². The molecule has 1 aliphatic heterocycles. The Labute approximate surface area is 105 Å². The van der Waals surface area contributed by atoms with Crippen LogP contribution < -0.4 is 5.32 Å². The van der Waals surface area contributed by atoms with Crippen LogP contribution in [0.25, 0.3) is 0 Å². The van der Waals surface area contributed by atoms with Crippen molar-refractivity contribution in [2.24, 2.45) is 0 Å². The van der Waals surface area contributed by atoms with Gasteiger partial charge in [0.25, 0.3) is 11.9 Å². The summed E-state index contributed by atoms with van der Waals surface area (Å²) >= 11 is 3.20. The summed E-state index contributed by atoms with van der Waals surface area (Å²) in [6, 6.07) is 3.36. The van der Waals surface area contributed by atoms with E-state index in [0.29, 0.717) is 10.2 Å². The van der Waals surface area contributed by atoms with Crippen molar-refractivity contribution >= 4 is 27.5 Å². The molecule has 0 radical (unpaired) electrons. The van der Waals surface area contributed by atoms with Gasteiger partial charge in [-0.3, -0.25) is 14.9 Å². The van der Waals surface area contributed by atoms with E-state index in [1.54, 1.807) is 12.1 Å². The molecule has 0 saturated carbocycles. The number of carbonyl (C=O) groups excluding carboxylic acids is 1. The van der Waals surface area contributed by atoms with E-state index in [9.17, 15) is 20.0 Å². The van der Waals surface area contributed by atoms with Gasteiger partial charge in [0.2, 0.25) is 5.60 Å². The highest BCUT2D eigenvalue weighted by Crippen LogP contribution is 2.40. The smallest absolute Gasteiger partial charge is 0.268 e. The Morgan fingerprint density at radius 1 is 1.59 bits per heavy atom. The van der Waals surface area contributed by atoms with Gasteiger partial charge < -0.3 is 10.4 Å². The van der Waals surface area contributed by atoms with Gasteiger partial charge >= 0.3 is 0 Å². The maximum atomic E-state index is 11.7. The molecule has 1 aliphatic rings. The van der Waals surface area contributed by atoms with Crippen molar-refractivity contribution in [1.82, 2.24) is 0 Å². The van der Waals surface area contributed by atoms with Gasteiger partial charge in [0.15, 0.2) is 0 Å². The third kappa shape index (κ3) is 1.62. The van der Waals surface area contributed by atoms with Crippen LogP contribution in [-0.2, 0) is 10.4 Å². The normalized spacial score (nSPS) is 24.1. The number of halogens is 1. The standard InChI is InChI=1S/C10H9BrN2O4/c1-5(13(16)17)10(15)7-4-6(11)2-3-8(7)12-9(10)14/h2-5,15H,1H3,(H,12,14). The van der Waals surface area contributed by atoms with Crippen LogP contribution in [0.1, 0.15) is 12.5 Å². The predicted octanol–water partition coefficient (Wildman–Crippen LogP) is 1.25. The number of rotatable bonds is 2. The topological polar surface area (TPSA) is 92.5 Å². The molecule has 0 aromatic heterocycles. The van der Waals surface area contributed by atoms with Gasteiger partial charge in [-0.15, -0.1) is 0 Å². The first kappa shape index (κ1) is 12.0. The van der Waals surface area contributed by atoms with Gasteiger partial charge in [0.1, 0.15) is 0 Å². The fraction of sp³-hybridized carbons (Fsp3) is 0.300. The number of carbonyl (C=O) groups is 1. The summed E-state index contributed by atoms with van der Waals surface area (Å²) in [5.41, 5.74) is -1.50. The molecule has 7 heteroatoms. The van der Waals surface area contributed by atoms with E-state index >= 15 is 0 Å². The zero-order valence-electron chi connectivity index (χ0n) is 8.81. The average molecular weight is 301 g/mol. The number of nitro groups is 1. The van der Waals surface area contributed by atoms with E-state index in [4.69, 9.17) is 0 Å². The summed E-state index contributed by atoms with van der Waals surface area (Å²) in [6.45, 7) is 1.20. The molecule has 0 aliphatic carbocycles. The van der Waals surface area contributed by atoms with Crippen LogP contribution in [-0.4, -0.2) is 22.0 Å². The first-order valence-electron chi connectivity index (χ1n) is 4.84. The van der Waals surface area contributed by atoms with Crippen LogP contribution in [0.15, 0.2) is 22.7 Å². The second kappa shape index (κ2) is 3.78. The van der Waals surface area contributed by atoms with E-state index in [0.717, 1.165) is 0 Å². The predicted molar refractivity (Wildman–Crippen MR) is 63.1 cm³/mol. The number of amides is 1. The molecular formula is C10H9BrN2O4. The maximum Gasteiger partial charge on any atom is 0.268 e. The van der Waals surface area contributed by atoms with Gasteiger partial charge in [0.05, 0.1) is 0 Å². The number of aliphatic hydroxyl groups is 1. The van der Waals surface area contributed by atoms with Crippen molar-refractivity contribution < 1.29 is 14.8 Å². The number of fused-ring (bicyclic) bond motifs is 1. The third-order valence-electron chi connectivity index (χ3n) is 2.91. The van der Waals surface area contributed by atoms with Crippen molar-refractivity contribution in [2.75, 3.05) is 5.32 Å². The third-order valence-corrected chi connectivity index (χ3v) is 3.40. The monoisotopic (exact) mass is 300 g/mol. The molecule has 90 valence electrons. The second-order valence-corrected chi connectivity index (χ2v) is 4.79. The van der Waals surface area contributed by atoms with Crippen molar-refractivity contribution in [3.05, 3.63) is 38.3 Å². The molecule has 1 heterocycles. The number of hydrogen-bond acceptors (Lipinski definition) is 4. The molecule has 1 aromatic carbocycles. The lowest BCUT2D eigenvalue weighted by Gasteiger charge is -2.21. The van der Waals surface area contributed by atoms with Gasteiger partial charge in [-0.25, -0.2) is 0 Å². The van der Waals surface area contributed by atoms with E-state index in [-0.39, 0.29) is 5.56 Å². The fourth-order valence-corrected chi connectivity index (χ4v) is 2.21. The van der Waals surface area contributed by atoms with Gasteiger partial charge in [-0.1, -0.05) is 15.9 Å². The van der Waals surface area contributed by atoms with Crippen LogP contribution in [0.4, 0.5) is 5.69 Å². The number of anilines is 1. The van der Waals surface area contributed by atoms with E-state index in [1.807, 2.05) is 0 Å². The lowest BCUT2D eigenvalue weighted by Crippen LogP contribution is -2.47. The first-order valence-corrected chi connectivity index (χ1v) is 5.64. The number of hydrogen-bond donors (Lipinski definition) is 2. The van der Waals surface area contributed by atoms with Gasteiger partial charge in [-0.2, -0.15) is 0 Å². The molecule has 2 N–H and O–H groups in total. The lowest BCUT2D eigenvalue weighted by atomic mass is 9.89. The minimum absolute atomic E-state index is 0.223. The van der Waals surface area contributed by atoms with Crippen molar-refractivity contribution in [3.8, 4) is 0 Å². The Balaban J connectivity index is 2.60. The molecule has 6 nitrogen and oxygen atoms in total. The summed E-state index contributed by atoms with van der Waals surface area (Å²) in [6.07, 6.45) is 0. The highest BCUT2D eigenvalue weighted by Gasteiger charge is 2.55. The zero-order chi connectivity index (χ0) is 12.8. The highest BCUT2D eigenvalue weighted by molar-refractivity contribution is 9.10. The molecule has 0 bridgehead atoms. The summed E-state index contributed by atoms with van der Waals surface area (Å²) in [7, 11) is 0. The molecule has 2 unspecified atom stereocenters. The maximum absolute atomic E-state index is 11.7. The molecule has 0 spiro atoms. The minimum Gasteiger partial charge on any atom is -0.370 e. The summed E-state index contributed by atoms with van der Waals surface area (Å²) in [5.74, 6) is -0.769. The van der Waals surface area contributed by atoms with E-state index in [2.05, 4.69) is 21.2 Å². The molecule has 0 fully saturated rings. The SMILES string of the molecule is CC([N+](=O)[O-])C1(O)C(=O)Nc2ccc(Br)cc21. The summed E-state index contributed by atoms with van der Waals surface area (Å²) < 4.78 is 0.640. The number of benzene rings is 1. The second-order valence-electron chi connectivity index (χ2n) is 3.87. The van der Waals surface area contributed by atoms with Crippen LogP contribution >= 0.6 is 15.9 Å². The average Bonchev–Trinajstić information content (AvgIpc) is 2.52. The fourth-order valence-electron chi connectivity index (χ4n) is 1.85. The Kier molecular flexibility index (Phi) is 2.67. The summed E-state index contributed by atoms with van der Waals surface area (Å²) in [4.78, 5) is 21.8. The summed E-state index contributed by atoms with van der Waals surface area (Å²) in [5, 5.41) is 23.5. The molecule has 17 heavy (non-hydrogen) atoms. The number of nitrogens with zero attached hydrogens (tertiary/aromatic N) is 1. The van der Waals surface area contributed by atoms with Crippen LogP contribution in [0.3, 0.4) is 0 Å². The molecule has 2 atom stereocenters. The van der Waals surface area contributed by atoms with E-state index < -0.39 is 22.5 Å². The van der Waals surface area contributed by atoms with Crippen LogP contribution in [0.5, 0.6) is 0 Å². The zero-order valence-corrected chi connectivity index (χ0v) is 10.4. The Hall–Kier alpha value is -1.47. The van der Waals surface area contributed by atoms with E-state index in [1.165, 1.54) is 13.0 Å². The van der Waals surface area contributed by atoms with Crippen molar-refractivity contribution in [3.63, 3.8) is 0 Å². The largest absolute Gasteiger partial charge is 0.370 e. The first-order chi connectivity index (χ1) is 7.87. The molecule has 2 rings (SSSR count). The Morgan fingerprint density at radius 2 is 2.24 bits per heavy atom. The Bertz CT molecular complexity index is 519. The van der Waals surface area contributed by atoms with Crippen molar-refractivity contribution in [2.45, 2.75) is 18.6 Å². The Morgan fingerprint density at radius 3 is 2.82 bits per heavy atom. The highest BCUT2D eigenvalue weighted by atomic mass is 79.9. The van der Waals surface area contributed by atoms with Gasteiger partial charge in [0, 0.05) is 27.6 Å². The minimum atomic E-state index is -2.12. The quantitative estimate of drug-likeness (QED) is 0.635. The molecule has 1 amide bonds. The lowest BCUT2D eigenvalue weighted by molar-refractivity contribution is -0.538. The number of nitrogens with one attached hydrogen (secondary N) is 1. The van der Waals surface area contributed by atoms with Gasteiger partial charge in [-0.05, 0) is 18.2 Å². The van der Waals surface area contributed by atoms with Crippen molar-refractivity contribution in [1.29, 1.82) is 0 Å². The molecular weight excluding hydrogens is 292 g/mol. The molecule has 1 aromatic rings.